The summed E-state index contributed by atoms with van der Waals surface area (Å²) in [6.07, 6.45) is 4.05. The molecule has 1 aromatic carbocycles. The number of halogens is 2. The molecule has 0 bridgehead atoms. The van der Waals surface area contributed by atoms with Crippen molar-refractivity contribution in [1.29, 1.82) is 0 Å². The van der Waals surface area contributed by atoms with E-state index < -0.39 is 11.6 Å². The van der Waals surface area contributed by atoms with Crippen molar-refractivity contribution in [3.8, 4) is 0 Å². The highest BCUT2D eigenvalue weighted by Gasteiger charge is 2.27. The van der Waals surface area contributed by atoms with E-state index in [4.69, 9.17) is 0 Å². The molecule has 0 amide bonds. The first-order valence-corrected chi connectivity index (χ1v) is 7.13. The van der Waals surface area contributed by atoms with Crippen molar-refractivity contribution in [2.45, 2.75) is 31.8 Å². The highest BCUT2D eigenvalue weighted by molar-refractivity contribution is 5.18. The zero-order valence-electron chi connectivity index (χ0n) is 11.1. The molecule has 1 heterocycles. The van der Waals surface area contributed by atoms with Crippen molar-refractivity contribution in [1.82, 2.24) is 9.80 Å². The number of nitrogens with zero attached hydrogens (tertiary/aromatic N) is 2. The van der Waals surface area contributed by atoms with E-state index in [0.717, 1.165) is 38.3 Å². The van der Waals surface area contributed by atoms with Gasteiger partial charge in [0.1, 0.15) is 11.6 Å². The zero-order chi connectivity index (χ0) is 13.2. The average molecular weight is 266 g/mol. The van der Waals surface area contributed by atoms with Crippen molar-refractivity contribution in [3.63, 3.8) is 0 Å². The molecule has 0 unspecified atom stereocenters. The smallest absolute Gasteiger partial charge is 0.130 e. The first-order chi connectivity index (χ1) is 9.22. The lowest BCUT2D eigenvalue weighted by atomic mass is 9.91. The second-order valence-electron chi connectivity index (χ2n) is 5.63. The van der Waals surface area contributed by atoms with Crippen LogP contribution in [0.25, 0.3) is 0 Å². The van der Waals surface area contributed by atoms with E-state index in [9.17, 15) is 8.78 Å². The van der Waals surface area contributed by atoms with Crippen molar-refractivity contribution in [3.05, 3.63) is 35.4 Å². The topological polar surface area (TPSA) is 6.48 Å². The van der Waals surface area contributed by atoms with Crippen LogP contribution in [0.4, 0.5) is 8.78 Å². The van der Waals surface area contributed by atoms with E-state index in [1.54, 1.807) is 6.07 Å². The summed E-state index contributed by atoms with van der Waals surface area (Å²) >= 11 is 0. The Morgan fingerprint density at radius 2 is 1.79 bits per heavy atom. The number of hydrogen-bond acceptors (Lipinski definition) is 2. The van der Waals surface area contributed by atoms with Crippen LogP contribution < -0.4 is 0 Å². The molecule has 2 aliphatic rings. The summed E-state index contributed by atoms with van der Waals surface area (Å²) < 4.78 is 26.4. The molecular weight excluding hydrogens is 246 g/mol. The summed E-state index contributed by atoms with van der Waals surface area (Å²) in [5, 5.41) is 0. The fourth-order valence-corrected chi connectivity index (χ4v) is 2.93. The Morgan fingerprint density at radius 3 is 2.37 bits per heavy atom. The fraction of sp³-hybridized carbons (Fsp3) is 0.600. The molecule has 1 saturated heterocycles. The molecule has 2 fully saturated rings. The molecule has 1 aromatic rings. The van der Waals surface area contributed by atoms with Gasteiger partial charge in [0, 0.05) is 50.4 Å². The molecule has 0 atom stereocenters. The zero-order valence-corrected chi connectivity index (χ0v) is 11.1. The minimum atomic E-state index is -0.504. The van der Waals surface area contributed by atoms with E-state index in [0.29, 0.717) is 12.1 Å². The predicted octanol–water partition coefficient (Wildman–Crippen LogP) is 2.63. The minimum absolute atomic E-state index is 0.429. The van der Waals surface area contributed by atoms with Crippen LogP contribution >= 0.6 is 0 Å². The number of benzene rings is 1. The summed E-state index contributed by atoms with van der Waals surface area (Å²) in [7, 11) is 0. The van der Waals surface area contributed by atoms with Crippen molar-refractivity contribution in [2.24, 2.45) is 0 Å². The molecular formula is C15H20F2N2. The second kappa shape index (κ2) is 5.55. The fourth-order valence-electron chi connectivity index (χ4n) is 2.93. The van der Waals surface area contributed by atoms with E-state index in [2.05, 4.69) is 9.80 Å². The van der Waals surface area contributed by atoms with Crippen LogP contribution in [0.15, 0.2) is 18.2 Å². The Bertz CT molecular complexity index is 438. The predicted molar refractivity (Wildman–Crippen MR) is 70.8 cm³/mol. The van der Waals surface area contributed by atoms with Gasteiger partial charge in [-0.1, -0.05) is 12.5 Å². The SMILES string of the molecule is Fc1ccc(CN2CCN(C3CCC3)CC2)c(F)c1. The normalized spacial score (nSPS) is 22.4. The van der Waals surface area contributed by atoms with Gasteiger partial charge in [-0.15, -0.1) is 0 Å². The first kappa shape index (κ1) is 13.0. The highest BCUT2D eigenvalue weighted by atomic mass is 19.1. The van der Waals surface area contributed by atoms with Crippen LogP contribution in [-0.4, -0.2) is 42.0 Å². The summed E-state index contributed by atoms with van der Waals surface area (Å²) in [4.78, 5) is 4.81. The maximum Gasteiger partial charge on any atom is 0.130 e. The Labute approximate surface area is 113 Å². The van der Waals surface area contributed by atoms with Crippen molar-refractivity contribution >= 4 is 0 Å². The molecule has 0 radical (unpaired) electrons. The Hall–Kier alpha value is -1.00. The highest BCUT2D eigenvalue weighted by Crippen LogP contribution is 2.25. The van der Waals surface area contributed by atoms with Crippen molar-refractivity contribution < 1.29 is 8.78 Å². The van der Waals surface area contributed by atoms with E-state index in [-0.39, 0.29) is 0 Å². The third kappa shape index (κ3) is 2.95. The molecule has 1 saturated carbocycles. The van der Waals surface area contributed by atoms with Crippen LogP contribution in [-0.2, 0) is 6.54 Å². The lowest BCUT2D eigenvalue weighted by Crippen LogP contribution is -2.51. The van der Waals surface area contributed by atoms with Gasteiger partial charge in [-0.3, -0.25) is 9.80 Å². The molecule has 4 heteroatoms. The summed E-state index contributed by atoms with van der Waals surface area (Å²) in [6, 6.07) is 4.66. The maximum atomic E-state index is 13.6. The standard InChI is InChI=1S/C15H20F2N2/c16-13-5-4-12(15(17)10-13)11-18-6-8-19(9-7-18)14-2-1-3-14/h4-5,10,14H,1-3,6-9,11H2. The Kier molecular flexibility index (Phi) is 3.80. The van der Waals surface area contributed by atoms with Gasteiger partial charge in [0.15, 0.2) is 0 Å². The minimum Gasteiger partial charge on any atom is -0.298 e. The Morgan fingerprint density at radius 1 is 1.05 bits per heavy atom. The third-order valence-corrected chi connectivity index (χ3v) is 4.41. The molecule has 0 spiro atoms. The number of piperazine rings is 1. The second-order valence-corrected chi connectivity index (χ2v) is 5.63. The molecule has 2 nitrogen and oxygen atoms in total. The molecule has 3 rings (SSSR count). The van der Waals surface area contributed by atoms with Gasteiger partial charge in [0.25, 0.3) is 0 Å². The van der Waals surface area contributed by atoms with Crippen molar-refractivity contribution in [2.75, 3.05) is 26.2 Å². The summed E-state index contributed by atoms with van der Waals surface area (Å²) in [6.45, 7) is 4.70. The maximum absolute atomic E-state index is 13.6. The molecule has 104 valence electrons. The lowest BCUT2D eigenvalue weighted by Gasteiger charge is -2.43. The van der Waals surface area contributed by atoms with Crippen LogP contribution in [0, 0.1) is 11.6 Å². The van der Waals surface area contributed by atoms with Gasteiger partial charge in [0.2, 0.25) is 0 Å². The summed E-state index contributed by atoms with van der Waals surface area (Å²) in [5.41, 5.74) is 0.596. The van der Waals surface area contributed by atoms with E-state index >= 15 is 0 Å². The average Bonchev–Trinajstić information content (AvgIpc) is 2.33. The van der Waals surface area contributed by atoms with Gasteiger partial charge in [-0.05, 0) is 18.9 Å². The van der Waals surface area contributed by atoms with Crippen LogP contribution in [0.1, 0.15) is 24.8 Å². The molecule has 1 aliphatic heterocycles. The largest absolute Gasteiger partial charge is 0.298 e. The Balaban J connectivity index is 1.54. The van der Waals surface area contributed by atoms with Crippen LogP contribution in [0.2, 0.25) is 0 Å². The third-order valence-electron chi connectivity index (χ3n) is 4.41. The molecule has 0 aromatic heterocycles. The first-order valence-electron chi connectivity index (χ1n) is 7.13. The number of hydrogen-bond donors (Lipinski definition) is 0. The summed E-state index contributed by atoms with van der Waals surface area (Å²) in [5.74, 6) is -0.933. The van der Waals surface area contributed by atoms with Gasteiger partial charge >= 0.3 is 0 Å². The van der Waals surface area contributed by atoms with Gasteiger partial charge in [0.05, 0.1) is 0 Å². The quantitative estimate of drug-likeness (QED) is 0.830. The van der Waals surface area contributed by atoms with Gasteiger partial charge < -0.3 is 0 Å². The van der Waals surface area contributed by atoms with Crippen LogP contribution in [0.5, 0.6) is 0 Å². The molecule has 19 heavy (non-hydrogen) atoms. The van der Waals surface area contributed by atoms with Gasteiger partial charge in [-0.25, -0.2) is 8.78 Å². The molecule has 1 aliphatic carbocycles. The monoisotopic (exact) mass is 266 g/mol. The van der Waals surface area contributed by atoms with Crippen LogP contribution in [0.3, 0.4) is 0 Å². The lowest BCUT2D eigenvalue weighted by molar-refractivity contribution is 0.0583. The van der Waals surface area contributed by atoms with E-state index in [1.807, 2.05) is 0 Å². The number of rotatable bonds is 3. The van der Waals surface area contributed by atoms with Gasteiger partial charge in [-0.2, -0.15) is 0 Å². The molecule has 0 N–H and O–H groups in total. The van der Waals surface area contributed by atoms with E-state index in [1.165, 1.54) is 25.3 Å².